The Bertz CT molecular complexity index is 569. The number of rotatable bonds is 7. The van der Waals surface area contributed by atoms with Gasteiger partial charge in [0.2, 0.25) is 0 Å². The third kappa shape index (κ3) is 3.68. The molecule has 0 radical (unpaired) electrons. The number of methoxy groups -OCH3 is 1. The van der Waals surface area contributed by atoms with Crippen molar-refractivity contribution in [2.45, 2.75) is 20.0 Å². The second-order valence-corrected chi connectivity index (χ2v) is 5.91. The van der Waals surface area contributed by atoms with Crippen LogP contribution in [0.5, 0.6) is 5.75 Å². The highest BCUT2D eigenvalue weighted by Gasteiger charge is 2.15. The molecule has 0 aliphatic rings. The van der Waals surface area contributed by atoms with Crippen molar-refractivity contribution in [1.29, 1.82) is 0 Å². The lowest BCUT2D eigenvalue weighted by atomic mass is 10.1. The quantitative estimate of drug-likeness (QED) is 0.772. The number of nitrogen functional groups attached to an aromatic ring is 1. The highest BCUT2D eigenvalue weighted by atomic mass is 32.1. The maximum Gasteiger partial charge on any atom is 0.125 e. The average molecular weight is 305 g/mol. The first-order valence-corrected chi connectivity index (χ1v) is 7.94. The molecule has 4 nitrogen and oxygen atoms in total. The van der Waals surface area contributed by atoms with Crippen molar-refractivity contribution in [2.75, 3.05) is 31.3 Å². The lowest BCUT2D eigenvalue weighted by Crippen LogP contribution is -2.22. The summed E-state index contributed by atoms with van der Waals surface area (Å²) >= 11 is 1.76. The van der Waals surface area contributed by atoms with E-state index in [2.05, 4.69) is 34.7 Å². The van der Waals surface area contributed by atoms with Crippen molar-refractivity contribution >= 4 is 22.7 Å². The lowest BCUT2D eigenvalue weighted by molar-refractivity contribution is 0.408. The van der Waals surface area contributed by atoms with E-state index >= 15 is 0 Å². The second kappa shape index (κ2) is 7.33. The van der Waals surface area contributed by atoms with Crippen molar-refractivity contribution in [2.24, 2.45) is 0 Å². The van der Waals surface area contributed by atoms with E-state index in [-0.39, 0.29) is 0 Å². The minimum Gasteiger partial charge on any atom is -0.496 e. The number of hydrogen-bond donors (Lipinski definition) is 2. The Balaban J connectivity index is 2.20. The molecule has 5 heteroatoms. The normalized spacial score (nSPS) is 10.6. The zero-order valence-corrected chi connectivity index (χ0v) is 13.7. The third-order valence-corrected chi connectivity index (χ3v) is 4.40. The van der Waals surface area contributed by atoms with Crippen LogP contribution in [-0.2, 0) is 13.1 Å². The van der Waals surface area contributed by atoms with Gasteiger partial charge in [-0.15, -0.1) is 11.3 Å². The van der Waals surface area contributed by atoms with Crippen LogP contribution in [0.2, 0.25) is 0 Å². The zero-order chi connectivity index (χ0) is 15.2. The molecule has 0 aliphatic heterocycles. The van der Waals surface area contributed by atoms with E-state index in [1.807, 2.05) is 19.2 Å². The third-order valence-electron chi connectivity index (χ3n) is 3.53. The summed E-state index contributed by atoms with van der Waals surface area (Å²) in [7, 11) is 3.75. The van der Waals surface area contributed by atoms with Gasteiger partial charge in [0.1, 0.15) is 5.75 Å². The molecule has 0 fully saturated rings. The van der Waals surface area contributed by atoms with Crippen LogP contribution in [0.3, 0.4) is 0 Å². The van der Waals surface area contributed by atoms with Gasteiger partial charge in [0, 0.05) is 37.1 Å². The van der Waals surface area contributed by atoms with E-state index in [4.69, 9.17) is 10.5 Å². The maximum absolute atomic E-state index is 6.16. The number of thiophene rings is 1. The predicted octanol–water partition coefficient (Wildman–Crippen LogP) is 3.08. The van der Waals surface area contributed by atoms with Crippen molar-refractivity contribution in [3.8, 4) is 5.75 Å². The SMILES string of the molecule is CCN(C)c1c(N)ccc(OC)c1CNCc1cccs1. The Morgan fingerprint density at radius 3 is 2.71 bits per heavy atom. The Morgan fingerprint density at radius 1 is 1.29 bits per heavy atom. The minimum atomic E-state index is 0.728. The van der Waals surface area contributed by atoms with Gasteiger partial charge in [0.25, 0.3) is 0 Å². The largest absolute Gasteiger partial charge is 0.496 e. The summed E-state index contributed by atoms with van der Waals surface area (Å²) < 4.78 is 5.50. The molecule has 2 aromatic rings. The molecule has 0 atom stereocenters. The van der Waals surface area contributed by atoms with Gasteiger partial charge in [-0.25, -0.2) is 0 Å². The molecule has 0 saturated heterocycles. The molecule has 0 spiro atoms. The zero-order valence-electron chi connectivity index (χ0n) is 12.8. The summed E-state index contributed by atoms with van der Waals surface area (Å²) in [6.07, 6.45) is 0. The number of nitrogens with one attached hydrogen (secondary N) is 1. The minimum absolute atomic E-state index is 0.728. The Hall–Kier alpha value is -1.72. The first-order chi connectivity index (χ1) is 10.2. The first kappa shape index (κ1) is 15.7. The van der Waals surface area contributed by atoms with E-state index in [0.717, 1.165) is 42.3 Å². The van der Waals surface area contributed by atoms with Crippen molar-refractivity contribution < 1.29 is 4.74 Å². The van der Waals surface area contributed by atoms with Gasteiger partial charge in [-0.3, -0.25) is 0 Å². The fourth-order valence-electron chi connectivity index (χ4n) is 2.33. The highest BCUT2D eigenvalue weighted by Crippen LogP contribution is 2.34. The van der Waals surface area contributed by atoms with Crippen molar-refractivity contribution in [1.82, 2.24) is 5.32 Å². The summed E-state index contributed by atoms with van der Waals surface area (Å²) in [6.45, 7) is 4.59. The van der Waals surface area contributed by atoms with Gasteiger partial charge in [-0.1, -0.05) is 6.07 Å². The Labute approximate surface area is 130 Å². The summed E-state index contributed by atoms with van der Waals surface area (Å²) in [5.74, 6) is 0.873. The first-order valence-electron chi connectivity index (χ1n) is 7.07. The average Bonchev–Trinajstić information content (AvgIpc) is 3.00. The molecule has 2 rings (SSSR count). The number of benzene rings is 1. The van der Waals surface area contributed by atoms with Gasteiger partial charge in [-0.05, 0) is 30.5 Å². The van der Waals surface area contributed by atoms with E-state index in [1.54, 1.807) is 18.4 Å². The molecule has 1 heterocycles. The van der Waals surface area contributed by atoms with Gasteiger partial charge >= 0.3 is 0 Å². The molecule has 114 valence electrons. The van der Waals surface area contributed by atoms with E-state index in [1.165, 1.54) is 4.88 Å². The molecule has 0 amide bonds. The molecule has 3 N–H and O–H groups in total. The number of nitrogens with zero attached hydrogens (tertiary/aromatic N) is 1. The van der Waals surface area contributed by atoms with Gasteiger partial charge in [0.05, 0.1) is 18.5 Å². The molecule has 1 aromatic heterocycles. The van der Waals surface area contributed by atoms with Crippen LogP contribution in [0, 0.1) is 0 Å². The molecular formula is C16H23N3OS. The van der Waals surface area contributed by atoms with Crippen LogP contribution < -0.4 is 20.7 Å². The van der Waals surface area contributed by atoms with E-state index in [9.17, 15) is 0 Å². The maximum atomic E-state index is 6.16. The lowest BCUT2D eigenvalue weighted by Gasteiger charge is -2.24. The smallest absolute Gasteiger partial charge is 0.125 e. The summed E-state index contributed by atoms with van der Waals surface area (Å²) in [6, 6.07) is 8.04. The van der Waals surface area contributed by atoms with Crippen LogP contribution in [-0.4, -0.2) is 20.7 Å². The fourth-order valence-corrected chi connectivity index (χ4v) is 3.01. The molecule has 0 unspecified atom stereocenters. The van der Waals surface area contributed by atoms with Crippen LogP contribution >= 0.6 is 11.3 Å². The molecular weight excluding hydrogens is 282 g/mol. The summed E-state index contributed by atoms with van der Waals surface area (Å²) in [5, 5.41) is 5.57. The fraction of sp³-hybridized carbons (Fsp3) is 0.375. The van der Waals surface area contributed by atoms with E-state index in [0.29, 0.717) is 0 Å². The number of anilines is 2. The molecule has 0 bridgehead atoms. The van der Waals surface area contributed by atoms with Crippen molar-refractivity contribution in [3.05, 3.63) is 40.1 Å². The van der Waals surface area contributed by atoms with Crippen LogP contribution in [0.15, 0.2) is 29.6 Å². The Kier molecular flexibility index (Phi) is 5.47. The predicted molar refractivity (Wildman–Crippen MR) is 91.2 cm³/mol. The molecule has 1 aromatic carbocycles. The van der Waals surface area contributed by atoms with E-state index < -0.39 is 0 Å². The van der Waals surface area contributed by atoms with Crippen LogP contribution in [0.1, 0.15) is 17.4 Å². The standard InChI is InChI=1S/C16H23N3OS/c1-4-19(2)16-13(15(20-3)8-7-14(16)17)11-18-10-12-6-5-9-21-12/h5-9,18H,4,10-11,17H2,1-3H3. The monoisotopic (exact) mass is 305 g/mol. The molecule has 21 heavy (non-hydrogen) atoms. The number of nitrogens with two attached hydrogens (primary N) is 1. The van der Waals surface area contributed by atoms with Gasteiger partial charge < -0.3 is 20.7 Å². The second-order valence-electron chi connectivity index (χ2n) is 4.88. The van der Waals surface area contributed by atoms with Crippen molar-refractivity contribution in [3.63, 3.8) is 0 Å². The summed E-state index contributed by atoms with van der Waals surface area (Å²) in [5.41, 5.74) is 9.11. The number of hydrogen-bond acceptors (Lipinski definition) is 5. The highest BCUT2D eigenvalue weighted by molar-refractivity contribution is 7.09. The van der Waals surface area contributed by atoms with Crippen LogP contribution in [0.4, 0.5) is 11.4 Å². The van der Waals surface area contributed by atoms with Gasteiger partial charge in [-0.2, -0.15) is 0 Å². The number of ether oxygens (including phenoxy) is 1. The molecule has 0 aliphatic carbocycles. The van der Waals surface area contributed by atoms with Crippen LogP contribution in [0.25, 0.3) is 0 Å². The molecule has 0 saturated carbocycles. The Morgan fingerprint density at radius 2 is 2.10 bits per heavy atom. The van der Waals surface area contributed by atoms with Gasteiger partial charge in [0.15, 0.2) is 0 Å². The summed E-state index contributed by atoms with van der Waals surface area (Å²) in [4.78, 5) is 3.48. The topological polar surface area (TPSA) is 50.5 Å².